The predicted molar refractivity (Wildman–Crippen MR) is 115 cm³/mol. The molecule has 0 saturated heterocycles. The average Bonchev–Trinajstić information content (AvgIpc) is 2.75. The van der Waals surface area contributed by atoms with Crippen LogP contribution in [0.3, 0.4) is 0 Å². The Hall–Kier alpha value is -2.82. The smallest absolute Gasteiger partial charge is 0.338 e. The Morgan fingerprint density at radius 1 is 0.793 bits per heavy atom. The van der Waals surface area contributed by atoms with Gasteiger partial charge in [-0.3, -0.25) is 4.79 Å². The van der Waals surface area contributed by atoms with E-state index in [0.29, 0.717) is 27.7 Å². The van der Waals surface area contributed by atoms with Crippen LogP contribution in [-0.4, -0.2) is 25.0 Å². The van der Waals surface area contributed by atoms with Gasteiger partial charge in [0.1, 0.15) is 6.61 Å². The first-order valence-electron chi connectivity index (χ1n) is 9.04. The summed E-state index contributed by atoms with van der Waals surface area (Å²) in [5, 5.41) is 4.01. The van der Waals surface area contributed by atoms with Gasteiger partial charge in [-0.2, -0.15) is 0 Å². The molecular formula is C23H19Cl2NO3. The molecule has 4 nitrogen and oxygen atoms in total. The van der Waals surface area contributed by atoms with Gasteiger partial charge in [0, 0.05) is 28.1 Å². The van der Waals surface area contributed by atoms with E-state index in [9.17, 15) is 9.59 Å². The van der Waals surface area contributed by atoms with Crippen molar-refractivity contribution >= 4 is 35.1 Å². The van der Waals surface area contributed by atoms with Gasteiger partial charge in [-0.15, -0.1) is 0 Å². The second-order valence-corrected chi connectivity index (χ2v) is 7.30. The van der Waals surface area contributed by atoms with Crippen molar-refractivity contribution < 1.29 is 14.3 Å². The zero-order chi connectivity index (χ0) is 20.6. The summed E-state index contributed by atoms with van der Waals surface area (Å²) in [5.74, 6) is -0.845. The molecule has 0 spiro atoms. The predicted octanol–water partition coefficient (Wildman–Crippen LogP) is 5.36. The summed E-state index contributed by atoms with van der Waals surface area (Å²) in [6, 6.07) is 22.8. The van der Waals surface area contributed by atoms with Gasteiger partial charge in [-0.25, -0.2) is 4.79 Å². The molecule has 29 heavy (non-hydrogen) atoms. The average molecular weight is 428 g/mol. The first-order chi connectivity index (χ1) is 14.0. The van der Waals surface area contributed by atoms with Crippen molar-refractivity contribution in [3.05, 3.63) is 106 Å². The van der Waals surface area contributed by atoms with Crippen LogP contribution in [0, 0.1) is 0 Å². The minimum Gasteiger partial charge on any atom is -0.461 e. The number of rotatable bonds is 7. The van der Waals surface area contributed by atoms with Crippen molar-refractivity contribution in [1.29, 1.82) is 0 Å². The molecule has 3 aromatic rings. The molecule has 0 heterocycles. The second-order valence-electron chi connectivity index (χ2n) is 6.43. The Kier molecular flexibility index (Phi) is 7.28. The van der Waals surface area contributed by atoms with Crippen LogP contribution in [-0.2, 0) is 4.74 Å². The highest BCUT2D eigenvalue weighted by Gasteiger charge is 2.17. The van der Waals surface area contributed by atoms with Gasteiger partial charge in [0.25, 0.3) is 5.91 Å². The van der Waals surface area contributed by atoms with E-state index in [-0.39, 0.29) is 18.4 Å². The Bertz CT molecular complexity index is 896. The summed E-state index contributed by atoms with van der Waals surface area (Å²) in [7, 11) is 0. The lowest BCUT2D eigenvalue weighted by Crippen LogP contribution is -2.30. The summed E-state index contributed by atoms with van der Waals surface area (Å²) in [6.45, 7) is 0.450. The SMILES string of the molecule is O=C(NCC(COC(=O)c1ccc(Cl)cc1)c1ccccc1)c1ccc(Cl)cc1. The van der Waals surface area contributed by atoms with Gasteiger partial charge < -0.3 is 10.1 Å². The normalized spacial score (nSPS) is 11.5. The fraction of sp³-hybridized carbons (Fsp3) is 0.130. The molecule has 6 heteroatoms. The number of hydrogen-bond acceptors (Lipinski definition) is 3. The minimum atomic E-state index is -0.438. The molecule has 0 aromatic heterocycles. The number of carbonyl (C=O) groups excluding carboxylic acids is 2. The van der Waals surface area contributed by atoms with Crippen molar-refractivity contribution in [3.8, 4) is 0 Å². The molecule has 0 saturated carbocycles. The van der Waals surface area contributed by atoms with Crippen molar-refractivity contribution in [2.75, 3.05) is 13.2 Å². The first kappa shape index (κ1) is 20.9. The monoisotopic (exact) mass is 427 g/mol. The second kappa shape index (κ2) is 10.1. The van der Waals surface area contributed by atoms with Gasteiger partial charge in [-0.1, -0.05) is 53.5 Å². The van der Waals surface area contributed by atoms with Crippen LogP contribution in [0.1, 0.15) is 32.2 Å². The molecule has 0 aliphatic carbocycles. The van der Waals surface area contributed by atoms with E-state index in [2.05, 4.69) is 5.32 Å². The van der Waals surface area contributed by atoms with E-state index in [0.717, 1.165) is 5.56 Å². The van der Waals surface area contributed by atoms with Crippen LogP contribution in [0.2, 0.25) is 10.0 Å². The van der Waals surface area contributed by atoms with Gasteiger partial charge in [0.05, 0.1) is 5.56 Å². The molecule has 148 valence electrons. The van der Waals surface area contributed by atoms with Gasteiger partial charge >= 0.3 is 5.97 Å². The number of esters is 1. The number of carbonyl (C=O) groups is 2. The third-order valence-electron chi connectivity index (χ3n) is 4.38. The molecule has 0 radical (unpaired) electrons. The van der Waals surface area contributed by atoms with Crippen LogP contribution in [0.5, 0.6) is 0 Å². The highest BCUT2D eigenvalue weighted by Crippen LogP contribution is 2.17. The quantitative estimate of drug-likeness (QED) is 0.516. The number of hydrogen-bond donors (Lipinski definition) is 1. The Morgan fingerprint density at radius 3 is 1.93 bits per heavy atom. The third kappa shape index (κ3) is 6.08. The summed E-state index contributed by atoms with van der Waals surface area (Å²) < 4.78 is 5.49. The van der Waals surface area contributed by atoms with Gasteiger partial charge in [-0.05, 0) is 54.1 Å². The molecule has 1 amide bonds. The summed E-state index contributed by atoms with van der Waals surface area (Å²) >= 11 is 11.7. The number of nitrogens with one attached hydrogen (secondary N) is 1. The molecule has 3 rings (SSSR count). The maximum Gasteiger partial charge on any atom is 0.338 e. The lowest BCUT2D eigenvalue weighted by Gasteiger charge is -2.18. The zero-order valence-electron chi connectivity index (χ0n) is 15.5. The lowest BCUT2D eigenvalue weighted by atomic mass is 10.00. The summed E-state index contributed by atoms with van der Waals surface area (Å²) in [5.41, 5.74) is 1.90. The maximum atomic E-state index is 12.4. The lowest BCUT2D eigenvalue weighted by molar-refractivity contribution is 0.0479. The fourth-order valence-electron chi connectivity index (χ4n) is 2.76. The van der Waals surface area contributed by atoms with E-state index in [4.69, 9.17) is 27.9 Å². The van der Waals surface area contributed by atoms with E-state index in [1.807, 2.05) is 30.3 Å². The van der Waals surface area contributed by atoms with E-state index in [1.54, 1.807) is 48.5 Å². The van der Waals surface area contributed by atoms with Gasteiger partial charge in [0.2, 0.25) is 0 Å². The minimum absolute atomic E-state index is 0.131. The highest BCUT2D eigenvalue weighted by atomic mass is 35.5. The molecule has 1 N–H and O–H groups in total. The van der Waals surface area contributed by atoms with Crippen molar-refractivity contribution in [3.63, 3.8) is 0 Å². The molecule has 0 aliphatic rings. The summed E-state index contributed by atoms with van der Waals surface area (Å²) in [4.78, 5) is 24.7. The highest BCUT2D eigenvalue weighted by molar-refractivity contribution is 6.31. The van der Waals surface area contributed by atoms with Crippen molar-refractivity contribution in [2.45, 2.75) is 5.92 Å². The van der Waals surface area contributed by atoms with Crippen LogP contribution in [0.4, 0.5) is 0 Å². The topological polar surface area (TPSA) is 55.4 Å². The molecular weight excluding hydrogens is 409 g/mol. The van der Waals surface area contributed by atoms with Gasteiger partial charge in [0.15, 0.2) is 0 Å². The molecule has 0 aliphatic heterocycles. The first-order valence-corrected chi connectivity index (χ1v) is 9.80. The van der Waals surface area contributed by atoms with Crippen LogP contribution in [0.15, 0.2) is 78.9 Å². The number of halogens is 2. The molecule has 1 atom stereocenters. The summed E-state index contributed by atoms with van der Waals surface area (Å²) in [6.07, 6.45) is 0. The van der Waals surface area contributed by atoms with Crippen LogP contribution in [0.25, 0.3) is 0 Å². The molecule has 1 unspecified atom stereocenters. The standard InChI is InChI=1S/C23H19Cl2NO3/c24-20-10-6-17(7-11-20)22(27)26-14-19(16-4-2-1-3-5-16)15-29-23(28)18-8-12-21(25)13-9-18/h1-13,19H,14-15H2,(H,26,27). The van der Waals surface area contributed by atoms with E-state index >= 15 is 0 Å². The van der Waals surface area contributed by atoms with Crippen LogP contribution >= 0.6 is 23.2 Å². The van der Waals surface area contributed by atoms with Crippen molar-refractivity contribution in [2.24, 2.45) is 0 Å². The molecule has 0 fully saturated rings. The number of amides is 1. The van der Waals surface area contributed by atoms with Crippen LogP contribution < -0.4 is 5.32 Å². The zero-order valence-corrected chi connectivity index (χ0v) is 17.0. The maximum absolute atomic E-state index is 12.4. The van der Waals surface area contributed by atoms with Crippen molar-refractivity contribution in [1.82, 2.24) is 5.32 Å². The molecule has 3 aromatic carbocycles. The fourth-order valence-corrected chi connectivity index (χ4v) is 3.01. The van der Waals surface area contributed by atoms with E-state index < -0.39 is 5.97 Å². The molecule has 0 bridgehead atoms. The van der Waals surface area contributed by atoms with E-state index in [1.165, 1.54) is 0 Å². The number of ether oxygens (including phenoxy) is 1. The number of benzene rings is 3. The Balaban J connectivity index is 1.65. The third-order valence-corrected chi connectivity index (χ3v) is 4.89. The Labute approximate surface area is 179 Å². The largest absolute Gasteiger partial charge is 0.461 e. The Morgan fingerprint density at radius 2 is 1.34 bits per heavy atom.